The van der Waals surface area contributed by atoms with E-state index >= 15 is 0 Å². The lowest BCUT2D eigenvalue weighted by atomic mass is 10.3. The number of hydrogen-bond donors (Lipinski definition) is 2. The summed E-state index contributed by atoms with van der Waals surface area (Å²) in [6.07, 6.45) is 5.15. The van der Waals surface area contributed by atoms with E-state index in [1.54, 1.807) is 12.4 Å². The zero-order chi connectivity index (χ0) is 11.2. The summed E-state index contributed by atoms with van der Waals surface area (Å²) in [6, 6.07) is 0. The third-order valence-corrected chi connectivity index (χ3v) is 2.39. The second kappa shape index (κ2) is 5.77. The zero-order valence-corrected chi connectivity index (χ0v) is 9.15. The predicted octanol–water partition coefficient (Wildman–Crippen LogP) is 0.944. The second-order valence-corrected chi connectivity index (χ2v) is 3.74. The van der Waals surface area contributed by atoms with Gasteiger partial charge in [0, 0.05) is 25.6 Å². The average molecular weight is 227 g/mol. The van der Waals surface area contributed by atoms with Crippen molar-refractivity contribution < 1.29 is 19.3 Å². The smallest absolute Gasteiger partial charge is 0.179 e. The molecule has 2 heterocycles. The predicted molar refractivity (Wildman–Crippen MR) is 57.8 cm³/mol. The van der Waals surface area contributed by atoms with E-state index in [4.69, 9.17) is 19.3 Å². The molecule has 0 radical (unpaired) electrons. The van der Waals surface area contributed by atoms with Gasteiger partial charge in [-0.05, 0) is 12.8 Å². The molecule has 0 saturated heterocycles. The molecule has 0 aromatic carbocycles. The minimum Gasteiger partial charge on any atom is -0.484 e. The minimum absolute atomic E-state index is 0.0440. The Labute approximate surface area is 94.3 Å². The van der Waals surface area contributed by atoms with Crippen LogP contribution in [0.3, 0.4) is 0 Å². The normalized spacial score (nSPS) is 18.7. The van der Waals surface area contributed by atoms with Crippen molar-refractivity contribution in [1.82, 2.24) is 4.98 Å². The largest absolute Gasteiger partial charge is 0.484 e. The lowest BCUT2D eigenvalue weighted by Crippen LogP contribution is -2.33. The van der Waals surface area contributed by atoms with Crippen LogP contribution in [0.25, 0.3) is 0 Å². The molecule has 0 amide bonds. The summed E-state index contributed by atoms with van der Waals surface area (Å²) in [5, 5.41) is 8.60. The Morgan fingerprint density at radius 3 is 3.12 bits per heavy atom. The molecule has 1 aromatic heterocycles. The second-order valence-electron chi connectivity index (χ2n) is 3.74. The Balaban J connectivity index is 1.65. The van der Waals surface area contributed by atoms with Crippen molar-refractivity contribution in [2.45, 2.75) is 18.9 Å². The van der Waals surface area contributed by atoms with Crippen molar-refractivity contribution in [1.29, 1.82) is 0 Å². The van der Waals surface area contributed by atoms with Crippen molar-refractivity contribution in [3.05, 3.63) is 12.4 Å². The minimum atomic E-state index is -0.0440. The van der Waals surface area contributed by atoms with E-state index in [1.165, 1.54) is 0 Å². The Kier molecular flexibility index (Phi) is 4.07. The van der Waals surface area contributed by atoms with E-state index in [0.717, 1.165) is 24.3 Å². The van der Waals surface area contributed by atoms with Gasteiger partial charge in [0.05, 0.1) is 6.61 Å². The van der Waals surface area contributed by atoms with Gasteiger partial charge in [-0.3, -0.25) is 0 Å². The van der Waals surface area contributed by atoms with Crippen LogP contribution < -0.4 is 9.47 Å². The molecule has 0 spiro atoms. The third-order valence-electron chi connectivity index (χ3n) is 2.39. The van der Waals surface area contributed by atoms with E-state index in [2.05, 4.69) is 4.98 Å². The molecule has 0 saturated carbocycles. The summed E-state index contributed by atoms with van der Waals surface area (Å²) in [6.45, 7) is 1.92. The summed E-state index contributed by atoms with van der Waals surface area (Å²) in [5.41, 5.74) is 0. The summed E-state index contributed by atoms with van der Waals surface area (Å²) < 4.78 is 16.6. The summed E-state index contributed by atoms with van der Waals surface area (Å²) in [5.74, 6) is 1.51. The molecule has 2 rings (SSSR count). The molecule has 90 valence electrons. The standard InChI is InChI=1S/C11H17NO4/c13-3-1-2-4-14-7-9-8-15-10-5-12-6-11(10)16-9/h5-6,9,12-13H,1-4,7-8H2. The fourth-order valence-electron chi connectivity index (χ4n) is 1.55. The van der Waals surface area contributed by atoms with Crippen LogP contribution in [0.1, 0.15) is 12.8 Å². The molecule has 0 fully saturated rings. The fourth-order valence-corrected chi connectivity index (χ4v) is 1.55. The quantitative estimate of drug-likeness (QED) is 0.710. The molecule has 5 heteroatoms. The number of H-pyrrole nitrogens is 1. The van der Waals surface area contributed by atoms with Crippen molar-refractivity contribution in [3.63, 3.8) is 0 Å². The zero-order valence-electron chi connectivity index (χ0n) is 9.15. The topological polar surface area (TPSA) is 63.7 Å². The fraction of sp³-hybridized carbons (Fsp3) is 0.636. The highest BCUT2D eigenvalue weighted by atomic mass is 16.6. The SMILES string of the molecule is OCCCCOCC1COc2c[nH]cc2O1. The first-order valence-electron chi connectivity index (χ1n) is 5.55. The summed E-state index contributed by atoms with van der Waals surface area (Å²) in [7, 11) is 0. The maximum Gasteiger partial charge on any atom is 0.179 e. The van der Waals surface area contributed by atoms with Crippen molar-refractivity contribution >= 4 is 0 Å². The number of ether oxygens (including phenoxy) is 3. The van der Waals surface area contributed by atoms with E-state index in [0.29, 0.717) is 19.8 Å². The monoisotopic (exact) mass is 227 g/mol. The number of unbranched alkanes of at least 4 members (excludes halogenated alkanes) is 1. The molecule has 1 aliphatic rings. The molecule has 0 bridgehead atoms. The van der Waals surface area contributed by atoms with Gasteiger partial charge in [0.15, 0.2) is 17.6 Å². The maximum absolute atomic E-state index is 8.60. The van der Waals surface area contributed by atoms with Crippen LogP contribution in [0.15, 0.2) is 12.4 Å². The first-order valence-corrected chi connectivity index (χ1v) is 5.55. The van der Waals surface area contributed by atoms with E-state index < -0.39 is 0 Å². The van der Waals surface area contributed by atoms with Gasteiger partial charge in [0.2, 0.25) is 0 Å². The number of hydrogen-bond acceptors (Lipinski definition) is 4. The van der Waals surface area contributed by atoms with Crippen LogP contribution in [-0.4, -0.2) is 42.6 Å². The van der Waals surface area contributed by atoms with Gasteiger partial charge < -0.3 is 24.3 Å². The van der Waals surface area contributed by atoms with E-state index in [-0.39, 0.29) is 12.7 Å². The van der Waals surface area contributed by atoms with Gasteiger partial charge in [-0.15, -0.1) is 0 Å². The first kappa shape index (κ1) is 11.3. The number of aliphatic hydroxyl groups excluding tert-OH is 1. The van der Waals surface area contributed by atoms with Crippen molar-refractivity contribution in [2.24, 2.45) is 0 Å². The molecule has 2 N–H and O–H groups in total. The number of fused-ring (bicyclic) bond motifs is 1. The number of rotatable bonds is 6. The molecule has 16 heavy (non-hydrogen) atoms. The number of aromatic amines is 1. The van der Waals surface area contributed by atoms with Crippen molar-refractivity contribution in [2.75, 3.05) is 26.4 Å². The lowest BCUT2D eigenvalue weighted by molar-refractivity contribution is 0.00782. The average Bonchev–Trinajstić information content (AvgIpc) is 2.76. The Bertz CT molecular complexity index is 313. The molecular formula is C11H17NO4. The summed E-state index contributed by atoms with van der Waals surface area (Å²) in [4.78, 5) is 2.93. The van der Waals surface area contributed by atoms with Crippen LogP contribution in [0.2, 0.25) is 0 Å². The molecular weight excluding hydrogens is 210 g/mol. The Hall–Kier alpha value is -1.20. The van der Waals surface area contributed by atoms with Crippen LogP contribution >= 0.6 is 0 Å². The van der Waals surface area contributed by atoms with E-state index in [1.807, 2.05) is 0 Å². The summed E-state index contributed by atoms with van der Waals surface area (Å²) >= 11 is 0. The van der Waals surface area contributed by atoms with Gasteiger partial charge in [-0.1, -0.05) is 0 Å². The molecule has 5 nitrogen and oxygen atoms in total. The van der Waals surface area contributed by atoms with Crippen LogP contribution in [0.4, 0.5) is 0 Å². The van der Waals surface area contributed by atoms with Gasteiger partial charge >= 0.3 is 0 Å². The lowest BCUT2D eigenvalue weighted by Gasteiger charge is -2.24. The van der Waals surface area contributed by atoms with Gasteiger partial charge in [-0.25, -0.2) is 0 Å². The molecule has 1 atom stereocenters. The third kappa shape index (κ3) is 2.90. The highest BCUT2D eigenvalue weighted by Gasteiger charge is 2.21. The Morgan fingerprint density at radius 2 is 2.25 bits per heavy atom. The van der Waals surface area contributed by atoms with Gasteiger partial charge in [0.25, 0.3) is 0 Å². The molecule has 1 aliphatic heterocycles. The number of nitrogens with one attached hydrogen (secondary N) is 1. The van der Waals surface area contributed by atoms with Crippen LogP contribution in [0.5, 0.6) is 11.5 Å². The number of aromatic nitrogens is 1. The van der Waals surface area contributed by atoms with Gasteiger partial charge in [-0.2, -0.15) is 0 Å². The Morgan fingerprint density at radius 1 is 1.38 bits per heavy atom. The van der Waals surface area contributed by atoms with Crippen molar-refractivity contribution in [3.8, 4) is 11.5 Å². The van der Waals surface area contributed by atoms with Crippen LogP contribution in [-0.2, 0) is 4.74 Å². The first-order chi connectivity index (χ1) is 7.90. The number of aliphatic hydroxyl groups is 1. The molecule has 1 unspecified atom stereocenters. The van der Waals surface area contributed by atoms with Gasteiger partial charge in [0.1, 0.15) is 6.61 Å². The van der Waals surface area contributed by atoms with E-state index in [9.17, 15) is 0 Å². The van der Waals surface area contributed by atoms with Crippen LogP contribution in [0, 0.1) is 0 Å². The highest BCUT2D eigenvalue weighted by Crippen LogP contribution is 2.30. The molecule has 0 aliphatic carbocycles. The highest BCUT2D eigenvalue weighted by molar-refractivity contribution is 5.38. The molecule has 1 aromatic rings. The maximum atomic E-state index is 8.60.